The number of halogens is 3. The molecule has 0 aliphatic heterocycles. The molecule has 2 aromatic heterocycles. The van der Waals surface area contributed by atoms with Gasteiger partial charge in [-0.05, 0) is 32.0 Å². The molecule has 2 aromatic rings. The van der Waals surface area contributed by atoms with Crippen LogP contribution in [-0.2, 0) is 11.0 Å². The third-order valence-corrected chi connectivity index (χ3v) is 4.19. The topological polar surface area (TPSA) is 78.9 Å². The maximum Gasteiger partial charge on any atom is 0.417 e. The predicted octanol–water partition coefficient (Wildman–Crippen LogP) is 3.84. The Kier molecular flexibility index (Phi) is 5.74. The number of hydrogen-bond donors (Lipinski definition) is 1. The Balaban J connectivity index is 2.11. The highest BCUT2D eigenvalue weighted by Crippen LogP contribution is 2.35. The van der Waals surface area contributed by atoms with Gasteiger partial charge in [-0.2, -0.15) is 18.4 Å². The van der Waals surface area contributed by atoms with Crippen molar-refractivity contribution in [3.8, 4) is 6.07 Å². The molecule has 2 rings (SSSR count). The molecule has 0 bridgehead atoms. The van der Waals surface area contributed by atoms with Gasteiger partial charge in [0.15, 0.2) is 0 Å². The highest BCUT2D eigenvalue weighted by Gasteiger charge is 2.35. The molecular weight excluding hydrogens is 355 g/mol. The van der Waals surface area contributed by atoms with E-state index in [2.05, 4.69) is 10.3 Å². The van der Waals surface area contributed by atoms with E-state index in [9.17, 15) is 18.0 Å². The number of furan rings is 1. The minimum absolute atomic E-state index is 0.115. The summed E-state index contributed by atoms with van der Waals surface area (Å²) in [6.07, 6.45) is -3.19. The molecule has 1 atom stereocenters. The van der Waals surface area contributed by atoms with Gasteiger partial charge < -0.3 is 9.73 Å². The van der Waals surface area contributed by atoms with Crippen LogP contribution in [0.15, 0.2) is 33.9 Å². The molecule has 2 heterocycles. The Labute approximate surface area is 146 Å². The first-order valence-corrected chi connectivity index (χ1v) is 8.15. The number of nitrogens with one attached hydrogen (secondary N) is 1. The van der Waals surface area contributed by atoms with Crippen molar-refractivity contribution in [3.63, 3.8) is 0 Å². The second-order valence-electron chi connectivity index (χ2n) is 5.19. The molecule has 0 aromatic carbocycles. The van der Waals surface area contributed by atoms with Crippen molar-refractivity contribution in [1.82, 2.24) is 10.3 Å². The molecule has 1 N–H and O–H groups in total. The number of rotatable bonds is 5. The molecule has 9 heteroatoms. The fourth-order valence-electron chi connectivity index (χ4n) is 2.11. The van der Waals surface area contributed by atoms with Crippen LogP contribution in [0.1, 0.15) is 35.5 Å². The monoisotopic (exact) mass is 369 g/mol. The molecule has 0 saturated heterocycles. The molecule has 1 amide bonds. The second-order valence-corrected chi connectivity index (χ2v) is 6.16. The van der Waals surface area contributed by atoms with E-state index in [0.29, 0.717) is 5.76 Å². The average Bonchev–Trinajstić information content (AvgIpc) is 3.06. The van der Waals surface area contributed by atoms with Crippen LogP contribution in [0.3, 0.4) is 0 Å². The lowest BCUT2D eigenvalue weighted by atomic mass is 10.1. The van der Waals surface area contributed by atoms with Crippen LogP contribution in [0.2, 0.25) is 0 Å². The normalized spacial score (nSPS) is 12.5. The molecule has 0 radical (unpaired) electrons. The molecule has 5 nitrogen and oxygen atoms in total. The maximum atomic E-state index is 13.0. The summed E-state index contributed by atoms with van der Waals surface area (Å²) in [5, 5.41) is 11.6. The molecule has 0 spiro atoms. The lowest BCUT2D eigenvalue weighted by Gasteiger charge is -2.14. The van der Waals surface area contributed by atoms with Crippen molar-refractivity contribution in [3.05, 3.63) is 47.0 Å². The molecule has 132 valence electrons. The summed E-state index contributed by atoms with van der Waals surface area (Å²) in [6.45, 7) is 3.12. The third kappa shape index (κ3) is 4.76. The van der Waals surface area contributed by atoms with E-state index >= 15 is 0 Å². The first kappa shape index (κ1) is 18.9. The largest absolute Gasteiger partial charge is 0.467 e. The number of nitrogens with zero attached hydrogens (tertiary/aromatic N) is 2. The summed E-state index contributed by atoms with van der Waals surface area (Å²) < 4.78 is 44.3. The van der Waals surface area contributed by atoms with Crippen LogP contribution in [-0.4, -0.2) is 16.6 Å². The van der Waals surface area contributed by atoms with E-state index in [1.807, 2.05) is 0 Å². The molecule has 0 aliphatic carbocycles. The SMILES string of the molecule is Cc1cc(C(F)(F)F)c(C#N)c(SCC(=O)NC(C)c2ccco2)n1. The first-order valence-electron chi connectivity index (χ1n) is 7.17. The summed E-state index contributed by atoms with van der Waals surface area (Å²) in [5.74, 6) is -0.0215. The van der Waals surface area contributed by atoms with Gasteiger partial charge >= 0.3 is 6.18 Å². The van der Waals surface area contributed by atoms with Gasteiger partial charge in [-0.25, -0.2) is 4.98 Å². The smallest absolute Gasteiger partial charge is 0.417 e. The highest BCUT2D eigenvalue weighted by atomic mass is 32.2. The zero-order valence-electron chi connectivity index (χ0n) is 13.3. The Morgan fingerprint density at radius 2 is 2.24 bits per heavy atom. The van der Waals surface area contributed by atoms with Crippen LogP contribution in [0.4, 0.5) is 13.2 Å². The lowest BCUT2D eigenvalue weighted by Crippen LogP contribution is -2.28. The van der Waals surface area contributed by atoms with E-state index < -0.39 is 23.2 Å². The Bertz CT molecular complexity index is 798. The predicted molar refractivity (Wildman–Crippen MR) is 84.7 cm³/mol. The average molecular weight is 369 g/mol. The van der Waals surface area contributed by atoms with Crippen LogP contribution >= 0.6 is 11.8 Å². The minimum atomic E-state index is -4.66. The van der Waals surface area contributed by atoms with Crippen LogP contribution in [0, 0.1) is 18.3 Å². The van der Waals surface area contributed by atoms with Gasteiger partial charge in [-0.3, -0.25) is 4.79 Å². The number of amides is 1. The van der Waals surface area contributed by atoms with Gasteiger partial charge in [0.25, 0.3) is 0 Å². The van der Waals surface area contributed by atoms with Crippen molar-refractivity contribution in [2.75, 3.05) is 5.75 Å². The summed E-state index contributed by atoms with van der Waals surface area (Å²) in [7, 11) is 0. The van der Waals surface area contributed by atoms with Gasteiger partial charge in [-0.15, -0.1) is 0 Å². The van der Waals surface area contributed by atoms with Crippen molar-refractivity contribution < 1.29 is 22.4 Å². The molecular formula is C16H14F3N3O2S. The molecule has 0 fully saturated rings. The molecule has 0 aliphatic rings. The van der Waals surface area contributed by atoms with E-state index in [0.717, 1.165) is 17.8 Å². The highest BCUT2D eigenvalue weighted by molar-refractivity contribution is 8.00. The third-order valence-electron chi connectivity index (χ3n) is 3.22. The fourth-order valence-corrected chi connectivity index (χ4v) is 2.97. The molecule has 1 unspecified atom stereocenters. The first-order chi connectivity index (χ1) is 11.7. The number of alkyl halides is 3. The van der Waals surface area contributed by atoms with Gasteiger partial charge in [0.05, 0.1) is 29.2 Å². The number of aromatic nitrogens is 1. The summed E-state index contributed by atoms with van der Waals surface area (Å²) in [6, 6.07) is 5.36. The number of carbonyl (C=O) groups is 1. The van der Waals surface area contributed by atoms with Gasteiger partial charge in [0.1, 0.15) is 16.9 Å². The Morgan fingerprint density at radius 1 is 1.52 bits per heavy atom. The zero-order valence-corrected chi connectivity index (χ0v) is 14.2. The van der Waals surface area contributed by atoms with Crippen molar-refractivity contribution in [2.45, 2.75) is 31.1 Å². The number of thioether (sulfide) groups is 1. The quantitative estimate of drug-likeness (QED) is 0.810. The van der Waals surface area contributed by atoms with Crippen LogP contribution in [0.5, 0.6) is 0 Å². The van der Waals surface area contributed by atoms with Crippen molar-refractivity contribution >= 4 is 17.7 Å². The molecule has 25 heavy (non-hydrogen) atoms. The maximum absolute atomic E-state index is 13.0. The van der Waals surface area contributed by atoms with Crippen molar-refractivity contribution in [1.29, 1.82) is 5.26 Å². The summed E-state index contributed by atoms with van der Waals surface area (Å²) in [5.41, 5.74) is -1.50. The standard InChI is InChI=1S/C16H14F3N3O2S/c1-9-6-12(16(17,18)19)11(7-20)15(21-9)25-8-14(23)22-10(2)13-4-3-5-24-13/h3-6,10H,8H2,1-2H3,(H,22,23). The lowest BCUT2D eigenvalue weighted by molar-refractivity contribution is -0.138. The van der Waals surface area contributed by atoms with E-state index in [1.54, 1.807) is 19.1 Å². The number of aryl methyl sites for hydroxylation is 1. The van der Waals surface area contributed by atoms with Gasteiger partial charge in [-0.1, -0.05) is 11.8 Å². The Hall–Kier alpha value is -2.47. The fraction of sp³-hybridized carbons (Fsp3) is 0.312. The van der Waals surface area contributed by atoms with Crippen molar-refractivity contribution in [2.24, 2.45) is 0 Å². The van der Waals surface area contributed by atoms with E-state index in [1.165, 1.54) is 19.3 Å². The van der Waals surface area contributed by atoms with Gasteiger partial charge in [0.2, 0.25) is 5.91 Å². The number of hydrogen-bond acceptors (Lipinski definition) is 5. The van der Waals surface area contributed by atoms with E-state index in [-0.39, 0.29) is 22.5 Å². The minimum Gasteiger partial charge on any atom is -0.467 e. The zero-order chi connectivity index (χ0) is 18.6. The number of carbonyl (C=O) groups excluding carboxylic acids is 1. The van der Waals surface area contributed by atoms with Gasteiger partial charge in [0, 0.05) is 5.69 Å². The number of pyridine rings is 1. The van der Waals surface area contributed by atoms with E-state index in [4.69, 9.17) is 9.68 Å². The molecule has 0 saturated carbocycles. The number of nitriles is 1. The van der Waals surface area contributed by atoms with Crippen LogP contribution in [0.25, 0.3) is 0 Å². The Morgan fingerprint density at radius 3 is 2.80 bits per heavy atom. The summed E-state index contributed by atoms with van der Waals surface area (Å²) >= 11 is 0.787. The van der Waals surface area contributed by atoms with Crippen LogP contribution < -0.4 is 5.32 Å². The summed E-state index contributed by atoms with van der Waals surface area (Å²) in [4.78, 5) is 15.9. The second kappa shape index (κ2) is 7.61.